The number of fused-ring (bicyclic) bond motifs is 1. The maximum absolute atomic E-state index is 14.0. The molecule has 31 heavy (non-hydrogen) atoms. The number of amides is 1. The number of nitrogens with one attached hydrogen (secondary N) is 2. The molecular formula is C21H22F2N4O3S. The highest BCUT2D eigenvalue weighted by atomic mass is 32.2. The summed E-state index contributed by atoms with van der Waals surface area (Å²) in [7, 11) is -3.24. The summed E-state index contributed by atoms with van der Waals surface area (Å²) in [6.45, 7) is 2.26. The number of hydrogen-bond acceptors (Lipinski definition) is 4. The second-order valence-electron chi connectivity index (χ2n) is 7.50. The summed E-state index contributed by atoms with van der Waals surface area (Å²) >= 11 is 0. The SMILES string of the molecule is CCS(=O)(=O)N1CCC(C(=O)Nc2ccc3nc(-c4cc(F)ccc4F)[nH]c3c2)CC1. The Bertz CT molecular complexity index is 1230. The molecular weight excluding hydrogens is 426 g/mol. The number of hydrogen-bond donors (Lipinski definition) is 2. The predicted octanol–water partition coefficient (Wildman–Crippen LogP) is 3.51. The lowest BCUT2D eigenvalue weighted by Crippen LogP contribution is -2.42. The number of carbonyl (C=O) groups is 1. The normalized spacial score (nSPS) is 16.0. The van der Waals surface area contributed by atoms with Crippen molar-refractivity contribution in [2.24, 2.45) is 5.92 Å². The zero-order chi connectivity index (χ0) is 22.2. The Labute approximate surface area is 178 Å². The van der Waals surface area contributed by atoms with Crippen molar-refractivity contribution in [1.29, 1.82) is 0 Å². The Hall–Kier alpha value is -2.85. The number of benzene rings is 2. The molecule has 2 N–H and O–H groups in total. The summed E-state index contributed by atoms with van der Waals surface area (Å²) in [6, 6.07) is 8.19. The van der Waals surface area contributed by atoms with E-state index in [1.807, 2.05) is 0 Å². The van der Waals surface area contributed by atoms with Gasteiger partial charge in [-0.1, -0.05) is 0 Å². The third kappa shape index (κ3) is 4.45. The molecule has 4 rings (SSSR count). The standard InChI is InChI=1S/C21H22F2N4O3S/c1-2-31(29,30)27-9-7-13(8-10-27)21(28)24-15-4-6-18-19(12-15)26-20(25-18)16-11-14(22)3-5-17(16)23/h3-6,11-13H,2,7-10H2,1H3,(H,24,28)(H,25,26). The van der Waals surface area contributed by atoms with Gasteiger partial charge in [0.2, 0.25) is 15.9 Å². The topological polar surface area (TPSA) is 95.2 Å². The van der Waals surface area contributed by atoms with Gasteiger partial charge < -0.3 is 10.3 Å². The van der Waals surface area contributed by atoms with E-state index in [4.69, 9.17) is 0 Å². The Morgan fingerprint density at radius 2 is 1.94 bits per heavy atom. The number of sulfonamides is 1. The van der Waals surface area contributed by atoms with Gasteiger partial charge in [0.15, 0.2) is 0 Å². The number of anilines is 1. The highest BCUT2D eigenvalue weighted by Crippen LogP contribution is 2.26. The molecule has 0 unspecified atom stereocenters. The van der Waals surface area contributed by atoms with Crippen molar-refractivity contribution >= 4 is 32.7 Å². The van der Waals surface area contributed by atoms with Gasteiger partial charge in [-0.15, -0.1) is 0 Å². The van der Waals surface area contributed by atoms with Crippen LogP contribution in [-0.2, 0) is 14.8 Å². The van der Waals surface area contributed by atoms with Crippen LogP contribution in [0.3, 0.4) is 0 Å². The van der Waals surface area contributed by atoms with Crippen LogP contribution < -0.4 is 5.32 Å². The van der Waals surface area contributed by atoms with Gasteiger partial charge in [0.25, 0.3) is 0 Å². The number of H-pyrrole nitrogens is 1. The Kier molecular flexibility index (Phi) is 5.76. The number of piperidine rings is 1. The molecule has 7 nitrogen and oxygen atoms in total. The highest BCUT2D eigenvalue weighted by molar-refractivity contribution is 7.89. The van der Waals surface area contributed by atoms with E-state index in [1.165, 1.54) is 4.31 Å². The van der Waals surface area contributed by atoms with Gasteiger partial charge in [-0.25, -0.2) is 26.5 Å². The summed E-state index contributed by atoms with van der Waals surface area (Å²) in [5.41, 5.74) is 1.68. The van der Waals surface area contributed by atoms with Crippen molar-refractivity contribution < 1.29 is 22.0 Å². The van der Waals surface area contributed by atoms with E-state index in [2.05, 4.69) is 15.3 Å². The molecule has 0 saturated carbocycles. The summed E-state index contributed by atoms with van der Waals surface area (Å²) in [5, 5.41) is 2.85. The third-order valence-electron chi connectivity index (χ3n) is 5.52. The zero-order valence-electron chi connectivity index (χ0n) is 16.9. The average molecular weight is 448 g/mol. The number of aromatic nitrogens is 2. The fourth-order valence-electron chi connectivity index (χ4n) is 3.72. The first kappa shape index (κ1) is 21.4. The van der Waals surface area contributed by atoms with E-state index in [0.29, 0.717) is 42.7 Å². The smallest absolute Gasteiger partial charge is 0.227 e. The van der Waals surface area contributed by atoms with E-state index < -0.39 is 21.7 Å². The zero-order valence-corrected chi connectivity index (χ0v) is 17.7. The minimum atomic E-state index is -3.24. The van der Waals surface area contributed by atoms with Gasteiger partial charge >= 0.3 is 0 Å². The third-order valence-corrected chi connectivity index (χ3v) is 7.40. The van der Waals surface area contributed by atoms with E-state index in [-0.39, 0.29) is 29.0 Å². The van der Waals surface area contributed by atoms with Crippen LogP contribution >= 0.6 is 0 Å². The van der Waals surface area contributed by atoms with Crippen LogP contribution in [0.2, 0.25) is 0 Å². The maximum atomic E-state index is 14.0. The molecule has 0 atom stereocenters. The van der Waals surface area contributed by atoms with Gasteiger partial charge in [-0.05, 0) is 56.2 Å². The van der Waals surface area contributed by atoms with Gasteiger partial charge in [-0.3, -0.25) is 4.79 Å². The number of aromatic amines is 1. The molecule has 0 spiro atoms. The molecule has 0 aliphatic carbocycles. The number of rotatable bonds is 5. The molecule has 164 valence electrons. The molecule has 2 heterocycles. The molecule has 10 heteroatoms. The first-order valence-corrected chi connectivity index (χ1v) is 11.6. The first-order valence-electron chi connectivity index (χ1n) is 10.0. The summed E-state index contributed by atoms with van der Waals surface area (Å²) in [6.07, 6.45) is 0.917. The van der Waals surface area contributed by atoms with Crippen LogP contribution in [0.4, 0.5) is 14.5 Å². The molecule has 0 radical (unpaired) electrons. The number of imidazole rings is 1. The van der Waals surface area contributed by atoms with Crippen LogP contribution in [0.25, 0.3) is 22.4 Å². The van der Waals surface area contributed by atoms with E-state index >= 15 is 0 Å². The van der Waals surface area contributed by atoms with Crippen LogP contribution in [0.15, 0.2) is 36.4 Å². The molecule has 0 bridgehead atoms. The fraction of sp³-hybridized carbons (Fsp3) is 0.333. The highest BCUT2D eigenvalue weighted by Gasteiger charge is 2.30. The molecule has 1 saturated heterocycles. The van der Waals surface area contributed by atoms with Gasteiger partial charge in [0.1, 0.15) is 17.5 Å². The van der Waals surface area contributed by atoms with Crippen molar-refractivity contribution in [3.63, 3.8) is 0 Å². The van der Waals surface area contributed by atoms with Crippen LogP contribution in [0.1, 0.15) is 19.8 Å². The lowest BCUT2D eigenvalue weighted by atomic mass is 9.97. The quantitative estimate of drug-likeness (QED) is 0.625. The Morgan fingerprint density at radius 3 is 2.65 bits per heavy atom. The predicted molar refractivity (Wildman–Crippen MR) is 114 cm³/mol. The van der Waals surface area contributed by atoms with Crippen LogP contribution in [0, 0.1) is 17.6 Å². The van der Waals surface area contributed by atoms with Gasteiger partial charge in [0.05, 0.1) is 22.3 Å². The number of nitrogens with zero attached hydrogens (tertiary/aromatic N) is 2. The van der Waals surface area contributed by atoms with Crippen LogP contribution in [-0.4, -0.2) is 47.4 Å². The van der Waals surface area contributed by atoms with Crippen molar-refractivity contribution in [3.8, 4) is 11.4 Å². The van der Waals surface area contributed by atoms with Crippen molar-refractivity contribution in [2.45, 2.75) is 19.8 Å². The van der Waals surface area contributed by atoms with E-state index in [1.54, 1.807) is 25.1 Å². The molecule has 1 aromatic heterocycles. The molecule has 1 aliphatic heterocycles. The van der Waals surface area contributed by atoms with Gasteiger partial charge in [-0.2, -0.15) is 0 Å². The first-order chi connectivity index (χ1) is 14.8. The minimum absolute atomic E-state index is 0.0237. The van der Waals surface area contributed by atoms with Crippen molar-refractivity contribution in [1.82, 2.24) is 14.3 Å². The number of carbonyl (C=O) groups excluding carboxylic acids is 1. The largest absolute Gasteiger partial charge is 0.338 e. The summed E-state index contributed by atoms with van der Waals surface area (Å²) < 4.78 is 52.9. The van der Waals surface area contributed by atoms with Crippen molar-refractivity contribution in [3.05, 3.63) is 48.0 Å². The van der Waals surface area contributed by atoms with Crippen LogP contribution in [0.5, 0.6) is 0 Å². The lowest BCUT2D eigenvalue weighted by Gasteiger charge is -2.30. The average Bonchev–Trinajstić information content (AvgIpc) is 3.18. The fourth-order valence-corrected chi connectivity index (χ4v) is 4.85. The Balaban J connectivity index is 1.47. The maximum Gasteiger partial charge on any atom is 0.227 e. The number of halogens is 2. The van der Waals surface area contributed by atoms with Gasteiger partial charge in [0, 0.05) is 24.7 Å². The molecule has 1 fully saturated rings. The van der Waals surface area contributed by atoms with E-state index in [9.17, 15) is 22.0 Å². The monoisotopic (exact) mass is 448 g/mol. The molecule has 3 aromatic rings. The second kappa shape index (κ2) is 8.35. The Morgan fingerprint density at radius 1 is 1.19 bits per heavy atom. The minimum Gasteiger partial charge on any atom is -0.338 e. The summed E-state index contributed by atoms with van der Waals surface area (Å²) in [4.78, 5) is 19.9. The molecule has 1 aliphatic rings. The molecule has 1 amide bonds. The second-order valence-corrected chi connectivity index (χ2v) is 9.76. The lowest BCUT2D eigenvalue weighted by molar-refractivity contribution is -0.120. The van der Waals surface area contributed by atoms with E-state index in [0.717, 1.165) is 18.2 Å². The van der Waals surface area contributed by atoms with Crippen molar-refractivity contribution in [2.75, 3.05) is 24.2 Å². The summed E-state index contributed by atoms with van der Waals surface area (Å²) in [5.74, 6) is -1.37. The molecule has 2 aromatic carbocycles.